The van der Waals surface area contributed by atoms with Crippen LogP contribution in [-0.2, 0) is 7.05 Å². The van der Waals surface area contributed by atoms with Crippen LogP contribution in [0, 0.1) is 0 Å². The van der Waals surface area contributed by atoms with Crippen LogP contribution in [0.2, 0.25) is 0 Å². The zero-order chi connectivity index (χ0) is 14.7. The maximum atomic E-state index is 4.37. The summed E-state index contributed by atoms with van der Waals surface area (Å²) in [6.45, 7) is 2.12. The highest BCUT2D eigenvalue weighted by Crippen LogP contribution is 2.20. The molecule has 7 heteroatoms. The third kappa shape index (κ3) is 4.27. The van der Waals surface area contributed by atoms with Crippen LogP contribution >= 0.6 is 24.0 Å². The van der Waals surface area contributed by atoms with Crippen molar-refractivity contribution in [3.8, 4) is 0 Å². The van der Waals surface area contributed by atoms with E-state index in [1.807, 2.05) is 25.0 Å². The van der Waals surface area contributed by atoms with Crippen molar-refractivity contribution >= 4 is 35.6 Å². The number of hydrogen-bond donors (Lipinski definition) is 2. The zero-order valence-electron chi connectivity index (χ0n) is 13.5. The predicted molar refractivity (Wildman–Crippen MR) is 101 cm³/mol. The lowest BCUT2D eigenvalue weighted by atomic mass is 9.93. The first-order chi connectivity index (χ1) is 10.2. The summed E-state index contributed by atoms with van der Waals surface area (Å²) in [6, 6.07) is 1.07. The van der Waals surface area contributed by atoms with Gasteiger partial charge in [-0.2, -0.15) is 5.10 Å². The van der Waals surface area contributed by atoms with Crippen molar-refractivity contribution in [3.05, 3.63) is 12.4 Å². The van der Waals surface area contributed by atoms with E-state index in [1.165, 1.54) is 37.8 Å². The fourth-order valence-electron chi connectivity index (χ4n) is 3.01. The second-order valence-corrected chi connectivity index (χ2v) is 6.15. The van der Waals surface area contributed by atoms with E-state index in [4.69, 9.17) is 0 Å². The maximum absolute atomic E-state index is 4.37. The normalized spacial score (nSPS) is 22.7. The quantitative estimate of drug-likeness (QED) is 0.446. The number of hydrogen-bond acceptors (Lipinski definition) is 3. The largest absolute Gasteiger partial charge is 0.367 e. The highest BCUT2D eigenvalue weighted by atomic mass is 127. The Kier molecular flexibility index (Phi) is 6.34. The fourth-order valence-corrected chi connectivity index (χ4v) is 3.01. The van der Waals surface area contributed by atoms with Gasteiger partial charge in [-0.1, -0.05) is 0 Å². The van der Waals surface area contributed by atoms with Gasteiger partial charge in [0, 0.05) is 45.5 Å². The van der Waals surface area contributed by atoms with Gasteiger partial charge in [0.1, 0.15) is 0 Å². The molecular formula is C15H27IN6. The van der Waals surface area contributed by atoms with Crippen molar-refractivity contribution in [2.75, 3.05) is 25.0 Å². The number of halogens is 1. The molecule has 0 spiro atoms. The van der Waals surface area contributed by atoms with Gasteiger partial charge in [0.25, 0.3) is 0 Å². The van der Waals surface area contributed by atoms with Gasteiger partial charge in [-0.05, 0) is 32.1 Å². The average Bonchev–Trinajstić information content (AvgIpc) is 2.88. The molecule has 1 unspecified atom stereocenters. The van der Waals surface area contributed by atoms with Crippen LogP contribution in [0.4, 0.5) is 5.69 Å². The van der Waals surface area contributed by atoms with E-state index in [9.17, 15) is 0 Å². The Morgan fingerprint density at radius 1 is 1.23 bits per heavy atom. The van der Waals surface area contributed by atoms with Gasteiger partial charge in [0.2, 0.25) is 0 Å². The highest BCUT2D eigenvalue weighted by molar-refractivity contribution is 14.0. The number of nitrogens with one attached hydrogen (secondary N) is 2. The molecule has 1 saturated heterocycles. The molecule has 1 aromatic rings. The summed E-state index contributed by atoms with van der Waals surface area (Å²) in [4.78, 5) is 6.77. The molecular weight excluding hydrogens is 391 g/mol. The number of aromatic nitrogens is 2. The fraction of sp³-hybridized carbons (Fsp3) is 0.733. The number of piperidine rings is 1. The summed E-state index contributed by atoms with van der Waals surface area (Å²) >= 11 is 0. The molecule has 1 aliphatic carbocycles. The number of nitrogens with zero attached hydrogens (tertiary/aromatic N) is 4. The van der Waals surface area contributed by atoms with E-state index in [2.05, 4.69) is 31.8 Å². The topological polar surface area (TPSA) is 57.5 Å². The minimum atomic E-state index is 0. The molecule has 2 aliphatic rings. The predicted octanol–water partition coefficient (Wildman–Crippen LogP) is 1.72. The second kappa shape index (κ2) is 8.03. The Bertz CT molecular complexity index is 496. The van der Waals surface area contributed by atoms with E-state index in [0.29, 0.717) is 12.1 Å². The molecule has 1 aromatic heterocycles. The third-order valence-electron chi connectivity index (χ3n) is 4.49. The van der Waals surface area contributed by atoms with Gasteiger partial charge in [-0.3, -0.25) is 9.67 Å². The Labute approximate surface area is 149 Å². The van der Waals surface area contributed by atoms with Crippen LogP contribution in [0.5, 0.6) is 0 Å². The molecule has 2 fully saturated rings. The second-order valence-electron chi connectivity index (χ2n) is 6.15. The Morgan fingerprint density at radius 3 is 2.55 bits per heavy atom. The van der Waals surface area contributed by atoms with Gasteiger partial charge in [0.15, 0.2) is 5.96 Å². The van der Waals surface area contributed by atoms with Crippen LogP contribution < -0.4 is 15.5 Å². The number of anilines is 1. The molecule has 1 aliphatic heterocycles. The molecule has 0 radical (unpaired) electrons. The van der Waals surface area contributed by atoms with E-state index < -0.39 is 0 Å². The standard InChI is InChI=1S/C15H26N6.HI/c1-16-15(18-12-5-3-6-12)19-13-7-4-8-21(10-13)14-9-17-20(2)11-14;/h9,11-13H,3-8,10H2,1-2H3,(H2,16,18,19);1H. The summed E-state index contributed by atoms with van der Waals surface area (Å²) < 4.78 is 1.86. The lowest BCUT2D eigenvalue weighted by Crippen LogP contribution is -2.54. The van der Waals surface area contributed by atoms with Crippen LogP contribution in [0.1, 0.15) is 32.1 Å². The minimum Gasteiger partial charge on any atom is -0.367 e. The number of rotatable bonds is 3. The molecule has 1 saturated carbocycles. The van der Waals surface area contributed by atoms with Crippen molar-refractivity contribution < 1.29 is 0 Å². The molecule has 124 valence electrons. The first kappa shape index (κ1) is 17.4. The summed E-state index contributed by atoms with van der Waals surface area (Å²) in [7, 11) is 3.82. The summed E-state index contributed by atoms with van der Waals surface area (Å²) in [5.41, 5.74) is 1.21. The Morgan fingerprint density at radius 2 is 1.95 bits per heavy atom. The van der Waals surface area contributed by atoms with Crippen molar-refractivity contribution in [2.45, 2.75) is 44.2 Å². The van der Waals surface area contributed by atoms with Crippen LogP contribution in [-0.4, -0.2) is 48.0 Å². The van der Waals surface area contributed by atoms with Crippen molar-refractivity contribution in [1.82, 2.24) is 20.4 Å². The molecule has 0 amide bonds. The van der Waals surface area contributed by atoms with Crippen LogP contribution in [0.3, 0.4) is 0 Å². The molecule has 1 atom stereocenters. The third-order valence-corrected chi connectivity index (χ3v) is 4.49. The van der Waals surface area contributed by atoms with Gasteiger partial charge < -0.3 is 15.5 Å². The lowest BCUT2D eigenvalue weighted by Gasteiger charge is -2.36. The van der Waals surface area contributed by atoms with Crippen molar-refractivity contribution in [1.29, 1.82) is 0 Å². The molecule has 0 bridgehead atoms. The minimum absolute atomic E-state index is 0. The molecule has 2 N–H and O–H groups in total. The molecule has 3 rings (SSSR count). The van der Waals surface area contributed by atoms with Gasteiger partial charge >= 0.3 is 0 Å². The number of aliphatic imine (C=N–C) groups is 1. The monoisotopic (exact) mass is 418 g/mol. The lowest BCUT2D eigenvalue weighted by molar-refractivity contribution is 0.375. The smallest absolute Gasteiger partial charge is 0.191 e. The molecule has 22 heavy (non-hydrogen) atoms. The molecule has 6 nitrogen and oxygen atoms in total. The maximum Gasteiger partial charge on any atom is 0.191 e. The molecule has 2 heterocycles. The van der Waals surface area contributed by atoms with Gasteiger partial charge in [-0.15, -0.1) is 24.0 Å². The van der Waals surface area contributed by atoms with Gasteiger partial charge in [0.05, 0.1) is 11.9 Å². The first-order valence-electron chi connectivity index (χ1n) is 7.98. The average molecular weight is 418 g/mol. The van der Waals surface area contributed by atoms with E-state index >= 15 is 0 Å². The van der Waals surface area contributed by atoms with Gasteiger partial charge in [-0.25, -0.2) is 0 Å². The number of guanidine groups is 1. The SMILES string of the molecule is CN=C(NC1CCC1)NC1CCCN(c2cnn(C)c2)C1.I. The van der Waals surface area contributed by atoms with E-state index in [0.717, 1.165) is 19.0 Å². The van der Waals surface area contributed by atoms with Crippen molar-refractivity contribution in [3.63, 3.8) is 0 Å². The summed E-state index contributed by atoms with van der Waals surface area (Å²) in [5.74, 6) is 0.956. The van der Waals surface area contributed by atoms with Crippen molar-refractivity contribution in [2.24, 2.45) is 12.0 Å². The first-order valence-corrected chi connectivity index (χ1v) is 7.98. The van der Waals surface area contributed by atoms with E-state index in [1.54, 1.807) is 0 Å². The van der Waals surface area contributed by atoms with Crippen LogP contribution in [0.15, 0.2) is 17.4 Å². The van der Waals surface area contributed by atoms with Crippen LogP contribution in [0.25, 0.3) is 0 Å². The van der Waals surface area contributed by atoms with E-state index in [-0.39, 0.29) is 24.0 Å². The number of aryl methyl sites for hydroxylation is 1. The highest BCUT2D eigenvalue weighted by Gasteiger charge is 2.23. The molecule has 0 aromatic carbocycles. The zero-order valence-corrected chi connectivity index (χ0v) is 15.8. The Hall–Kier alpha value is -0.990. The Balaban J connectivity index is 0.00000176. The summed E-state index contributed by atoms with van der Waals surface area (Å²) in [6.07, 6.45) is 10.3. The summed E-state index contributed by atoms with van der Waals surface area (Å²) in [5, 5.41) is 11.4.